The van der Waals surface area contributed by atoms with Crippen molar-refractivity contribution in [2.24, 2.45) is 0 Å². The highest BCUT2D eigenvalue weighted by atomic mass is 35.5. The number of ether oxygens (including phenoxy) is 2. The molecule has 3 heterocycles. The molecule has 0 saturated carbocycles. The van der Waals surface area contributed by atoms with Crippen LogP contribution >= 0.6 is 34.7 Å². The van der Waals surface area contributed by atoms with Crippen molar-refractivity contribution in [3.8, 4) is 11.5 Å². The molecule has 144 valence electrons. The standard InChI is InChI=1S/C19H21ClN2O3S2/c20-15-9-16-17(25-7-6-24-16)10-18(15)27-13-19(23)22-4-2-21(3-5-22)11-14-1-8-26-12-14/h1,8-10,12H,2-7,11,13H2. The SMILES string of the molecule is O=C(CSc1cc2c(cc1Cl)OCCO2)N1CCN(Cc2ccsc2)CC1. The summed E-state index contributed by atoms with van der Waals surface area (Å²) in [6.07, 6.45) is 0. The number of hydrogen-bond acceptors (Lipinski definition) is 6. The summed E-state index contributed by atoms with van der Waals surface area (Å²) in [5.74, 6) is 1.90. The lowest BCUT2D eigenvalue weighted by Crippen LogP contribution is -2.48. The van der Waals surface area contributed by atoms with Crippen molar-refractivity contribution in [3.05, 3.63) is 39.5 Å². The number of carbonyl (C=O) groups is 1. The van der Waals surface area contributed by atoms with Gasteiger partial charge in [0.2, 0.25) is 5.91 Å². The molecule has 4 rings (SSSR count). The molecule has 0 aliphatic carbocycles. The Labute approximate surface area is 172 Å². The maximum absolute atomic E-state index is 12.6. The lowest BCUT2D eigenvalue weighted by Gasteiger charge is -2.34. The minimum absolute atomic E-state index is 0.154. The van der Waals surface area contributed by atoms with E-state index in [1.807, 2.05) is 11.0 Å². The average Bonchev–Trinajstić information content (AvgIpc) is 3.19. The second kappa shape index (κ2) is 8.73. The average molecular weight is 425 g/mol. The molecule has 0 radical (unpaired) electrons. The summed E-state index contributed by atoms with van der Waals surface area (Å²) in [7, 11) is 0. The summed E-state index contributed by atoms with van der Waals surface area (Å²) in [4.78, 5) is 17.8. The number of nitrogens with zero attached hydrogens (tertiary/aromatic N) is 2. The van der Waals surface area contributed by atoms with Gasteiger partial charge >= 0.3 is 0 Å². The minimum atomic E-state index is 0.154. The number of hydrogen-bond donors (Lipinski definition) is 0. The van der Waals surface area contributed by atoms with Crippen LogP contribution in [0.3, 0.4) is 0 Å². The number of piperazine rings is 1. The second-order valence-electron chi connectivity index (χ2n) is 6.50. The minimum Gasteiger partial charge on any atom is -0.486 e. The monoisotopic (exact) mass is 424 g/mol. The Morgan fingerprint density at radius 3 is 2.59 bits per heavy atom. The van der Waals surface area contributed by atoms with Crippen LogP contribution in [0.1, 0.15) is 5.56 Å². The largest absolute Gasteiger partial charge is 0.486 e. The number of halogens is 1. The van der Waals surface area contributed by atoms with Crippen LogP contribution in [-0.4, -0.2) is 60.9 Å². The molecule has 27 heavy (non-hydrogen) atoms. The van der Waals surface area contributed by atoms with Crippen LogP contribution in [0.25, 0.3) is 0 Å². The molecular formula is C19H21ClN2O3S2. The topological polar surface area (TPSA) is 42.0 Å². The molecule has 1 aromatic carbocycles. The summed E-state index contributed by atoms with van der Waals surface area (Å²) in [5.41, 5.74) is 1.35. The van der Waals surface area contributed by atoms with Crippen LogP contribution in [0.2, 0.25) is 5.02 Å². The Bertz CT molecular complexity index is 793. The maximum atomic E-state index is 12.6. The zero-order valence-corrected chi connectivity index (χ0v) is 17.2. The lowest BCUT2D eigenvalue weighted by atomic mass is 10.2. The van der Waals surface area contributed by atoms with Gasteiger partial charge in [-0.15, -0.1) is 11.8 Å². The number of fused-ring (bicyclic) bond motifs is 1. The van der Waals surface area contributed by atoms with Gasteiger partial charge in [-0.3, -0.25) is 9.69 Å². The number of carbonyl (C=O) groups excluding carboxylic acids is 1. The molecule has 1 fully saturated rings. The van der Waals surface area contributed by atoms with E-state index in [1.165, 1.54) is 17.3 Å². The van der Waals surface area contributed by atoms with E-state index in [4.69, 9.17) is 21.1 Å². The number of rotatable bonds is 5. The highest BCUT2D eigenvalue weighted by Crippen LogP contribution is 2.39. The molecule has 2 aliphatic rings. The van der Waals surface area contributed by atoms with Crippen LogP contribution in [-0.2, 0) is 11.3 Å². The first-order valence-electron chi connectivity index (χ1n) is 8.92. The van der Waals surface area contributed by atoms with Crippen LogP contribution in [0.4, 0.5) is 0 Å². The number of benzene rings is 1. The first kappa shape index (κ1) is 18.9. The van der Waals surface area contributed by atoms with E-state index in [0.717, 1.165) is 37.6 Å². The molecule has 1 aromatic heterocycles. The van der Waals surface area contributed by atoms with Gasteiger partial charge in [0.25, 0.3) is 0 Å². The van der Waals surface area contributed by atoms with E-state index in [1.54, 1.807) is 17.4 Å². The third kappa shape index (κ3) is 4.71. The fourth-order valence-electron chi connectivity index (χ4n) is 3.18. The highest BCUT2D eigenvalue weighted by molar-refractivity contribution is 8.00. The predicted octanol–water partition coefficient (Wildman–Crippen LogP) is 3.61. The molecule has 0 spiro atoms. The van der Waals surface area contributed by atoms with E-state index < -0.39 is 0 Å². The zero-order valence-electron chi connectivity index (χ0n) is 14.9. The number of thioether (sulfide) groups is 1. The van der Waals surface area contributed by atoms with Crippen molar-refractivity contribution in [2.75, 3.05) is 45.1 Å². The van der Waals surface area contributed by atoms with Crippen LogP contribution in [0, 0.1) is 0 Å². The Morgan fingerprint density at radius 1 is 1.15 bits per heavy atom. The van der Waals surface area contributed by atoms with Gasteiger partial charge in [-0.1, -0.05) is 11.6 Å². The fraction of sp³-hybridized carbons (Fsp3) is 0.421. The van der Waals surface area contributed by atoms with Crippen molar-refractivity contribution in [2.45, 2.75) is 11.4 Å². The summed E-state index contributed by atoms with van der Waals surface area (Å²) >= 11 is 9.51. The molecule has 8 heteroatoms. The molecule has 1 saturated heterocycles. The molecule has 1 amide bonds. The number of amides is 1. The predicted molar refractivity (Wildman–Crippen MR) is 109 cm³/mol. The normalized spacial score (nSPS) is 17.1. The Morgan fingerprint density at radius 2 is 1.89 bits per heavy atom. The van der Waals surface area contributed by atoms with E-state index in [0.29, 0.717) is 35.5 Å². The van der Waals surface area contributed by atoms with E-state index in [2.05, 4.69) is 21.7 Å². The molecule has 0 N–H and O–H groups in total. The third-order valence-electron chi connectivity index (χ3n) is 4.66. The van der Waals surface area contributed by atoms with Gasteiger partial charge in [0.15, 0.2) is 11.5 Å². The van der Waals surface area contributed by atoms with Crippen LogP contribution in [0.5, 0.6) is 11.5 Å². The van der Waals surface area contributed by atoms with Crippen molar-refractivity contribution in [1.29, 1.82) is 0 Å². The first-order valence-corrected chi connectivity index (χ1v) is 11.2. The summed E-state index contributed by atoms with van der Waals surface area (Å²) in [6, 6.07) is 5.80. The highest BCUT2D eigenvalue weighted by Gasteiger charge is 2.22. The van der Waals surface area contributed by atoms with Crippen molar-refractivity contribution >= 4 is 40.6 Å². The quantitative estimate of drug-likeness (QED) is 0.686. The van der Waals surface area contributed by atoms with E-state index in [9.17, 15) is 4.79 Å². The lowest BCUT2D eigenvalue weighted by molar-refractivity contribution is -0.130. The molecule has 0 atom stereocenters. The smallest absolute Gasteiger partial charge is 0.233 e. The summed E-state index contributed by atoms with van der Waals surface area (Å²) in [6.45, 7) is 5.41. The van der Waals surface area contributed by atoms with Gasteiger partial charge in [-0.2, -0.15) is 11.3 Å². The van der Waals surface area contributed by atoms with Gasteiger partial charge in [0.1, 0.15) is 13.2 Å². The van der Waals surface area contributed by atoms with Crippen LogP contribution in [0.15, 0.2) is 33.9 Å². The van der Waals surface area contributed by atoms with Crippen molar-refractivity contribution in [3.63, 3.8) is 0 Å². The van der Waals surface area contributed by atoms with Gasteiger partial charge in [0.05, 0.1) is 10.8 Å². The third-order valence-corrected chi connectivity index (χ3v) is 6.86. The van der Waals surface area contributed by atoms with E-state index >= 15 is 0 Å². The van der Waals surface area contributed by atoms with Gasteiger partial charge in [-0.25, -0.2) is 0 Å². The molecule has 2 aliphatic heterocycles. The van der Waals surface area contributed by atoms with Gasteiger partial charge < -0.3 is 14.4 Å². The summed E-state index contributed by atoms with van der Waals surface area (Å²) < 4.78 is 11.1. The van der Waals surface area contributed by atoms with Crippen molar-refractivity contribution < 1.29 is 14.3 Å². The second-order valence-corrected chi connectivity index (χ2v) is 8.71. The maximum Gasteiger partial charge on any atom is 0.233 e. The Hall–Kier alpha value is -1.41. The zero-order chi connectivity index (χ0) is 18.6. The van der Waals surface area contributed by atoms with Crippen LogP contribution < -0.4 is 9.47 Å². The molecule has 0 unspecified atom stereocenters. The first-order chi connectivity index (χ1) is 13.2. The molecular weight excluding hydrogens is 404 g/mol. The molecule has 0 bridgehead atoms. The van der Waals surface area contributed by atoms with E-state index in [-0.39, 0.29) is 5.91 Å². The van der Waals surface area contributed by atoms with Gasteiger partial charge in [-0.05, 0) is 28.5 Å². The number of thiophene rings is 1. The molecule has 5 nitrogen and oxygen atoms in total. The van der Waals surface area contributed by atoms with Crippen molar-refractivity contribution in [1.82, 2.24) is 9.80 Å². The Kier molecular flexibility index (Phi) is 6.12. The Balaban J connectivity index is 1.27. The molecule has 2 aromatic rings. The summed E-state index contributed by atoms with van der Waals surface area (Å²) in [5, 5.41) is 4.89. The van der Waals surface area contributed by atoms with Gasteiger partial charge in [0, 0.05) is 43.7 Å². The fourth-order valence-corrected chi connectivity index (χ4v) is 5.01.